The minimum atomic E-state index is -8.47. The van der Waals surface area contributed by atoms with Gasteiger partial charge < -0.3 is 0 Å². The summed E-state index contributed by atoms with van der Waals surface area (Å²) in [5.74, 6) is -46.0. The molecule has 20 heteroatoms. The molecule has 0 bridgehead atoms. The summed E-state index contributed by atoms with van der Waals surface area (Å²) in [5.41, 5.74) is -19.2. The van der Waals surface area contributed by atoms with Crippen LogP contribution < -0.4 is 0 Å². The molecule has 1 unspecified atom stereocenters. The van der Waals surface area contributed by atoms with Gasteiger partial charge in [-0.3, -0.25) is 0 Å². The highest BCUT2D eigenvalue weighted by Crippen LogP contribution is 2.67. The lowest BCUT2D eigenvalue weighted by molar-refractivity contribution is -0.373. The standard InChI is InChI=1S/C12F20/c13-3-1(5(16,11(27,28)29)8(21,22)12(30,31)32)2(4(14)15)6(17,18)9(23,24)10(25,26)7(3,19)20. The van der Waals surface area contributed by atoms with Gasteiger partial charge in [0.1, 0.15) is 5.57 Å². The summed E-state index contributed by atoms with van der Waals surface area (Å²) in [5, 5.41) is 0. The molecule has 0 amide bonds. The molecule has 0 nitrogen and oxygen atoms in total. The van der Waals surface area contributed by atoms with Crippen molar-refractivity contribution in [2.45, 2.75) is 47.6 Å². The molecule has 0 N–H and O–H groups in total. The number of alkyl halides is 17. The van der Waals surface area contributed by atoms with Gasteiger partial charge in [-0.05, 0) is 0 Å². The van der Waals surface area contributed by atoms with Crippen molar-refractivity contribution in [3.63, 3.8) is 0 Å². The van der Waals surface area contributed by atoms with Crippen LogP contribution in [0.3, 0.4) is 0 Å². The Morgan fingerprint density at radius 3 is 1.19 bits per heavy atom. The van der Waals surface area contributed by atoms with E-state index in [0.717, 1.165) is 0 Å². The Hall–Kier alpha value is -1.92. The Bertz CT molecular complexity index is 830. The van der Waals surface area contributed by atoms with Gasteiger partial charge in [0.25, 0.3) is 6.08 Å². The van der Waals surface area contributed by atoms with E-state index < -0.39 is 70.7 Å². The fraction of sp³-hybridized carbons (Fsp3) is 0.667. The Morgan fingerprint density at radius 1 is 0.562 bits per heavy atom. The molecule has 1 aliphatic carbocycles. The molecule has 1 atom stereocenters. The zero-order chi connectivity index (χ0) is 26.3. The molecule has 0 saturated heterocycles. The van der Waals surface area contributed by atoms with Crippen molar-refractivity contribution < 1.29 is 87.8 Å². The van der Waals surface area contributed by atoms with E-state index >= 15 is 0 Å². The second-order valence-electron chi connectivity index (χ2n) is 5.85. The van der Waals surface area contributed by atoms with E-state index in [9.17, 15) is 87.8 Å². The highest BCUT2D eigenvalue weighted by Gasteiger charge is 2.90. The first-order chi connectivity index (χ1) is 13.6. The Labute approximate surface area is 160 Å². The predicted octanol–water partition coefficient (Wildman–Crippen LogP) is 7.38. The normalized spacial score (nSPS) is 25.3. The fourth-order valence-corrected chi connectivity index (χ4v) is 2.32. The van der Waals surface area contributed by atoms with Crippen LogP contribution in [-0.4, -0.2) is 47.6 Å². The van der Waals surface area contributed by atoms with Gasteiger partial charge in [0.15, 0.2) is 5.83 Å². The number of allylic oxidation sites excluding steroid dienone is 3. The summed E-state index contributed by atoms with van der Waals surface area (Å²) in [6.07, 6.45) is -21.4. The number of hydrogen-bond acceptors (Lipinski definition) is 0. The molecule has 32 heavy (non-hydrogen) atoms. The van der Waals surface area contributed by atoms with Crippen molar-refractivity contribution in [3.8, 4) is 0 Å². The minimum absolute atomic E-state index is 5.10. The summed E-state index contributed by atoms with van der Waals surface area (Å²) < 4.78 is 263. The molecule has 0 aliphatic heterocycles. The van der Waals surface area contributed by atoms with Crippen LogP contribution in [0.15, 0.2) is 23.1 Å². The van der Waals surface area contributed by atoms with Gasteiger partial charge in [-0.15, -0.1) is 0 Å². The maximum atomic E-state index is 14.3. The van der Waals surface area contributed by atoms with Crippen LogP contribution in [0.2, 0.25) is 0 Å². The van der Waals surface area contributed by atoms with Crippen LogP contribution >= 0.6 is 0 Å². The molecule has 0 aromatic rings. The number of hydrogen-bond donors (Lipinski definition) is 0. The highest BCUT2D eigenvalue weighted by atomic mass is 19.4. The van der Waals surface area contributed by atoms with Gasteiger partial charge in [0.2, 0.25) is 0 Å². The zero-order valence-electron chi connectivity index (χ0n) is 13.6. The van der Waals surface area contributed by atoms with E-state index in [1.165, 1.54) is 0 Å². The summed E-state index contributed by atoms with van der Waals surface area (Å²) >= 11 is 0. The summed E-state index contributed by atoms with van der Waals surface area (Å²) in [7, 11) is 0. The second-order valence-corrected chi connectivity index (χ2v) is 5.85. The van der Waals surface area contributed by atoms with Crippen molar-refractivity contribution in [1.29, 1.82) is 0 Å². The fourth-order valence-electron chi connectivity index (χ4n) is 2.32. The smallest absolute Gasteiger partial charge is 0.221 e. The average Bonchev–Trinajstić information content (AvgIpc) is 2.55. The molecule has 0 spiro atoms. The molecular formula is C12F20. The van der Waals surface area contributed by atoms with E-state index in [1.807, 2.05) is 0 Å². The number of rotatable bonds is 2. The van der Waals surface area contributed by atoms with Crippen LogP contribution in [0.5, 0.6) is 0 Å². The third-order valence-corrected chi connectivity index (χ3v) is 3.95. The third kappa shape index (κ3) is 3.06. The first-order valence-electron chi connectivity index (χ1n) is 6.78. The molecule has 1 aliphatic rings. The zero-order valence-corrected chi connectivity index (χ0v) is 13.6. The lowest BCUT2D eigenvalue weighted by Gasteiger charge is -2.38. The predicted molar refractivity (Wildman–Crippen MR) is 58.1 cm³/mol. The molecule has 1 rings (SSSR count). The van der Waals surface area contributed by atoms with Gasteiger partial charge >= 0.3 is 47.6 Å². The lowest BCUT2D eigenvalue weighted by Crippen LogP contribution is -2.64. The van der Waals surface area contributed by atoms with Crippen molar-refractivity contribution in [2.24, 2.45) is 0 Å². The Balaban J connectivity index is 4.57. The minimum Gasteiger partial charge on any atom is -0.221 e. The molecule has 0 radical (unpaired) electrons. The van der Waals surface area contributed by atoms with Crippen molar-refractivity contribution in [3.05, 3.63) is 23.1 Å². The van der Waals surface area contributed by atoms with Crippen LogP contribution in [0.1, 0.15) is 0 Å². The topological polar surface area (TPSA) is 0 Å². The summed E-state index contributed by atoms with van der Waals surface area (Å²) in [6.45, 7) is 0. The van der Waals surface area contributed by atoms with Gasteiger partial charge in [0, 0.05) is 0 Å². The van der Waals surface area contributed by atoms with E-state index in [0.29, 0.717) is 0 Å². The van der Waals surface area contributed by atoms with Crippen LogP contribution in [0, 0.1) is 0 Å². The van der Waals surface area contributed by atoms with Gasteiger partial charge in [-0.25, -0.2) is 8.78 Å². The first kappa shape index (κ1) is 28.1. The highest BCUT2D eigenvalue weighted by molar-refractivity contribution is 5.54. The van der Waals surface area contributed by atoms with E-state index in [-0.39, 0.29) is 0 Å². The van der Waals surface area contributed by atoms with Crippen molar-refractivity contribution in [1.82, 2.24) is 0 Å². The van der Waals surface area contributed by atoms with E-state index in [4.69, 9.17) is 0 Å². The van der Waals surface area contributed by atoms with Crippen molar-refractivity contribution >= 4 is 0 Å². The Morgan fingerprint density at radius 2 is 0.906 bits per heavy atom. The molecule has 0 saturated carbocycles. The number of halogens is 20. The van der Waals surface area contributed by atoms with E-state index in [2.05, 4.69) is 0 Å². The monoisotopic (exact) mass is 524 g/mol. The largest absolute Gasteiger partial charge is 0.457 e. The molecule has 188 valence electrons. The molecule has 0 aromatic heterocycles. The average molecular weight is 524 g/mol. The summed E-state index contributed by atoms with van der Waals surface area (Å²) in [4.78, 5) is 0. The molecule has 0 heterocycles. The maximum absolute atomic E-state index is 14.3. The SMILES string of the molecule is FC(F)=C1C(C(F)(C(F)(F)F)C(F)(F)C(F)(F)F)=C(F)C(F)(F)C(F)(F)C(F)(F)C1(F)F. The maximum Gasteiger partial charge on any atom is 0.457 e. The first-order valence-corrected chi connectivity index (χ1v) is 6.78. The van der Waals surface area contributed by atoms with Gasteiger partial charge in [0.05, 0.1) is 5.57 Å². The summed E-state index contributed by atoms with van der Waals surface area (Å²) in [6, 6.07) is 0. The molecule has 0 aromatic carbocycles. The van der Waals surface area contributed by atoms with Crippen molar-refractivity contribution in [2.75, 3.05) is 0 Å². The Kier molecular flexibility index (Phi) is 5.97. The second kappa shape index (κ2) is 6.80. The quantitative estimate of drug-likeness (QED) is 0.331. The van der Waals surface area contributed by atoms with E-state index in [1.54, 1.807) is 0 Å². The van der Waals surface area contributed by atoms with Gasteiger partial charge in [-0.2, -0.15) is 79.0 Å². The third-order valence-electron chi connectivity index (χ3n) is 3.95. The van der Waals surface area contributed by atoms with Gasteiger partial charge in [-0.1, -0.05) is 0 Å². The van der Waals surface area contributed by atoms with Crippen LogP contribution in [0.4, 0.5) is 87.8 Å². The molecule has 0 fully saturated rings. The van der Waals surface area contributed by atoms with Crippen LogP contribution in [-0.2, 0) is 0 Å². The van der Waals surface area contributed by atoms with Crippen LogP contribution in [0.25, 0.3) is 0 Å². The molecular weight excluding hydrogens is 524 g/mol. The lowest BCUT2D eigenvalue weighted by atomic mass is 9.80.